The summed E-state index contributed by atoms with van der Waals surface area (Å²) in [6.45, 7) is 3.51. The number of nitrogens with one attached hydrogen (secondary N) is 1. The molecule has 0 aliphatic rings. The van der Waals surface area contributed by atoms with Gasteiger partial charge >= 0.3 is 0 Å². The number of hydrogen-bond donors (Lipinski definition) is 1. The Morgan fingerprint density at radius 2 is 2.21 bits per heavy atom. The number of nitro groups is 1. The summed E-state index contributed by atoms with van der Waals surface area (Å²) in [5.41, 5.74) is -0.0259. The second kappa shape index (κ2) is 8.42. The normalized spacial score (nSPS) is 10.6. The Morgan fingerprint density at radius 1 is 1.42 bits per heavy atom. The Morgan fingerprint density at radius 3 is 2.79 bits per heavy atom. The van der Waals surface area contributed by atoms with E-state index >= 15 is 0 Å². The van der Waals surface area contributed by atoms with Gasteiger partial charge in [-0.05, 0) is 30.1 Å². The van der Waals surface area contributed by atoms with Crippen LogP contribution in [0.1, 0.15) is 11.8 Å². The first-order valence-electron chi connectivity index (χ1n) is 7.40. The number of likely N-dealkylation sites (N-methyl/N-ethyl adjacent to an activating group) is 1. The van der Waals surface area contributed by atoms with Gasteiger partial charge in [-0.1, -0.05) is 13.0 Å². The quantitative estimate of drug-likeness (QED) is 0.585. The van der Waals surface area contributed by atoms with E-state index in [0.29, 0.717) is 18.8 Å². The summed E-state index contributed by atoms with van der Waals surface area (Å²) in [6, 6.07) is 8.32. The van der Waals surface area contributed by atoms with Crippen molar-refractivity contribution in [3.05, 3.63) is 50.7 Å². The number of thiophene rings is 1. The Hall–Kier alpha value is -2.45. The third-order valence-corrected chi connectivity index (χ3v) is 4.31. The monoisotopic (exact) mass is 349 g/mol. The summed E-state index contributed by atoms with van der Waals surface area (Å²) >= 11 is 1.63. The zero-order valence-electron chi connectivity index (χ0n) is 13.5. The molecule has 8 heteroatoms. The molecule has 1 N–H and O–H groups in total. The van der Waals surface area contributed by atoms with Crippen LogP contribution in [-0.2, 0) is 11.3 Å². The summed E-state index contributed by atoms with van der Waals surface area (Å²) in [5, 5.41) is 15.8. The van der Waals surface area contributed by atoms with E-state index in [9.17, 15) is 14.9 Å². The summed E-state index contributed by atoms with van der Waals surface area (Å²) in [5.74, 6) is 0.0780. The zero-order valence-corrected chi connectivity index (χ0v) is 14.3. The van der Waals surface area contributed by atoms with E-state index in [-0.39, 0.29) is 23.8 Å². The first kappa shape index (κ1) is 17.9. The fourth-order valence-electron chi connectivity index (χ4n) is 2.19. The summed E-state index contributed by atoms with van der Waals surface area (Å²) in [7, 11) is 1.43. The highest BCUT2D eigenvalue weighted by Gasteiger charge is 2.18. The van der Waals surface area contributed by atoms with Gasteiger partial charge in [-0.3, -0.25) is 19.8 Å². The summed E-state index contributed by atoms with van der Waals surface area (Å²) in [4.78, 5) is 26.0. The maximum Gasteiger partial charge on any atom is 0.296 e. The molecule has 0 unspecified atom stereocenters. The van der Waals surface area contributed by atoms with E-state index < -0.39 is 4.92 Å². The van der Waals surface area contributed by atoms with Gasteiger partial charge in [0.2, 0.25) is 5.91 Å². The fourth-order valence-corrected chi connectivity index (χ4v) is 2.94. The molecule has 0 radical (unpaired) electrons. The number of rotatable bonds is 8. The number of nitro benzene ring substituents is 1. The number of nitrogens with zero attached hydrogens (tertiary/aromatic N) is 2. The number of anilines is 1. The summed E-state index contributed by atoms with van der Waals surface area (Å²) in [6.07, 6.45) is 0. The molecule has 0 saturated carbocycles. The van der Waals surface area contributed by atoms with Crippen molar-refractivity contribution >= 4 is 28.6 Å². The molecule has 0 aliphatic heterocycles. The minimum absolute atomic E-state index is 0.164. The van der Waals surface area contributed by atoms with Crippen molar-refractivity contribution in [1.29, 1.82) is 0 Å². The Kier molecular flexibility index (Phi) is 6.28. The van der Waals surface area contributed by atoms with E-state index in [1.807, 2.05) is 29.3 Å². The van der Waals surface area contributed by atoms with Crippen LogP contribution in [0.25, 0.3) is 0 Å². The molecule has 0 spiro atoms. The van der Waals surface area contributed by atoms with Gasteiger partial charge in [0.1, 0.15) is 11.4 Å². The van der Waals surface area contributed by atoms with Crippen LogP contribution >= 0.6 is 11.3 Å². The van der Waals surface area contributed by atoms with Crippen LogP contribution in [0.5, 0.6) is 5.75 Å². The van der Waals surface area contributed by atoms with E-state index in [1.165, 1.54) is 24.1 Å². The highest BCUT2D eigenvalue weighted by molar-refractivity contribution is 7.09. The van der Waals surface area contributed by atoms with Crippen molar-refractivity contribution < 1.29 is 14.5 Å². The van der Waals surface area contributed by atoms with Gasteiger partial charge in [-0.15, -0.1) is 11.3 Å². The lowest BCUT2D eigenvalue weighted by atomic mass is 10.2. The minimum Gasteiger partial charge on any atom is -0.496 e. The number of hydrogen-bond acceptors (Lipinski definition) is 6. The molecule has 128 valence electrons. The van der Waals surface area contributed by atoms with Gasteiger partial charge in [-0.25, -0.2) is 0 Å². The molecule has 0 fully saturated rings. The molecule has 2 aromatic rings. The van der Waals surface area contributed by atoms with Crippen LogP contribution in [0.4, 0.5) is 11.4 Å². The third-order valence-electron chi connectivity index (χ3n) is 3.45. The van der Waals surface area contributed by atoms with E-state index in [2.05, 4.69) is 5.32 Å². The highest BCUT2D eigenvalue weighted by Crippen LogP contribution is 2.28. The molecular weight excluding hydrogens is 330 g/mol. The van der Waals surface area contributed by atoms with Crippen LogP contribution in [-0.4, -0.2) is 35.9 Å². The molecule has 0 bridgehead atoms. The van der Waals surface area contributed by atoms with Crippen molar-refractivity contribution in [2.45, 2.75) is 13.5 Å². The molecule has 24 heavy (non-hydrogen) atoms. The predicted octanol–water partition coefficient (Wildman–Crippen LogP) is 3.13. The lowest BCUT2D eigenvalue weighted by Crippen LogP contribution is -2.32. The molecule has 0 aliphatic carbocycles. The van der Waals surface area contributed by atoms with Gasteiger partial charge in [0.25, 0.3) is 5.69 Å². The average Bonchev–Trinajstić information content (AvgIpc) is 3.07. The van der Waals surface area contributed by atoms with Crippen LogP contribution in [0, 0.1) is 10.1 Å². The molecular formula is C16H19N3O4S. The van der Waals surface area contributed by atoms with E-state index in [0.717, 1.165) is 0 Å². The number of carbonyl (C=O) groups excluding carboxylic acids is 1. The zero-order chi connectivity index (χ0) is 17.5. The largest absolute Gasteiger partial charge is 0.496 e. The van der Waals surface area contributed by atoms with E-state index in [4.69, 9.17) is 4.74 Å². The van der Waals surface area contributed by atoms with Crippen molar-refractivity contribution in [2.24, 2.45) is 0 Å². The van der Waals surface area contributed by atoms with Crippen LogP contribution in [0.2, 0.25) is 0 Å². The Balaban J connectivity index is 2.04. The number of benzene rings is 1. The highest BCUT2D eigenvalue weighted by atomic mass is 32.1. The summed E-state index contributed by atoms with van der Waals surface area (Å²) < 4.78 is 4.98. The number of amides is 1. The maximum absolute atomic E-state index is 12.2. The van der Waals surface area contributed by atoms with Crippen molar-refractivity contribution in [3.8, 4) is 5.75 Å². The molecule has 1 aromatic heterocycles. The van der Waals surface area contributed by atoms with Gasteiger partial charge in [0, 0.05) is 11.4 Å². The Bertz CT molecular complexity index is 703. The molecule has 1 heterocycles. The molecule has 0 atom stereocenters. The number of ether oxygens (including phenoxy) is 1. The molecule has 1 aromatic carbocycles. The van der Waals surface area contributed by atoms with Gasteiger partial charge in [0.05, 0.1) is 24.6 Å². The fraction of sp³-hybridized carbons (Fsp3) is 0.312. The smallest absolute Gasteiger partial charge is 0.296 e. The topological polar surface area (TPSA) is 84.7 Å². The molecule has 2 rings (SSSR count). The predicted molar refractivity (Wildman–Crippen MR) is 93.5 cm³/mol. The molecule has 1 amide bonds. The van der Waals surface area contributed by atoms with Gasteiger partial charge in [0.15, 0.2) is 0 Å². The van der Waals surface area contributed by atoms with Gasteiger partial charge < -0.3 is 10.1 Å². The Labute approximate surface area is 144 Å². The molecule has 7 nitrogen and oxygen atoms in total. The third kappa shape index (κ3) is 4.77. The van der Waals surface area contributed by atoms with Crippen LogP contribution in [0.3, 0.4) is 0 Å². The first-order valence-corrected chi connectivity index (χ1v) is 8.28. The van der Waals surface area contributed by atoms with Crippen LogP contribution < -0.4 is 10.1 Å². The average molecular weight is 349 g/mol. The number of methoxy groups -OCH3 is 1. The maximum atomic E-state index is 12.2. The van der Waals surface area contributed by atoms with Crippen molar-refractivity contribution in [3.63, 3.8) is 0 Å². The van der Waals surface area contributed by atoms with E-state index in [1.54, 1.807) is 17.4 Å². The first-order chi connectivity index (χ1) is 11.5. The standard InChI is InChI=1S/C16H19N3O4S/c1-3-18(10-13-5-4-8-24-13)11-16(20)17-14-7-6-12(23-2)9-15(14)19(21)22/h4-9H,3,10-11H2,1-2H3,(H,17,20). The number of carbonyl (C=O) groups is 1. The van der Waals surface area contributed by atoms with Crippen molar-refractivity contribution in [1.82, 2.24) is 4.90 Å². The van der Waals surface area contributed by atoms with Crippen molar-refractivity contribution in [2.75, 3.05) is 25.5 Å². The minimum atomic E-state index is -0.540. The second-order valence-corrected chi connectivity index (χ2v) is 6.10. The molecule has 0 saturated heterocycles. The lowest BCUT2D eigenvalue weighted by molar-refractivity contribution is -0.384. The van der Waals surface area contributed by atoms with Crippen LogP contribution in [0.15, 0.2) is 35.7 Å². The van der Waals surface area contributed by atoms with Gasteiger partial charge in [-0.2, -0.15) is 0 Å². The lowest BCUT2D eigenvalue weighted by Gasteiger charge is -2.19. The SMILES string of the molecule is CCN(CC(=O)Nc1ccc(OC)cc1[N+](=O)[O-])Cc1cccs1. The second-order valence-electron chi connectivity index (χ2n) is 5.07.